The number of rotatable bonds is 2. The van der Waals surface area contributed by atoms with Gasteiger partial charge in [0, 0.05) is 32.0 Å². The van der Waals surface area contributed by atoms with Gasteiger partial charge in [0.15, 0.2) is 0 Å². The first-order chi connectivity index (χ1) is 6.34. The molecule has 1 heterocycles. The SMILES string of the molecule is CC.CC.Cn1cccc1CCO. The van der Waals surface area contributed by atoms with Crippen LogP contribution in [0, 0.1) is 0 Å². The maximum Gasteiger partial charge on any atom is 0.0485 e. The highest BCUT2D eigenvalue weighted by Gasteiger charge is 1.92. The van der Waals surface area contributed by atoms with Gasteiger partial charge in [-0.3, -0.25) is 0 Å². The summed E-state index contributed by atoms with van der Waals surface area (Å²) < 4.78 is 2.01. The number of aryl methyl sites for hydroxylation is 1. The van der Waals surface area contributed by atoms with Crippen LogP contribution in [0.4, 0.5) is 0 Å². The lowest BCUT2D eigenvalue weighted by Crippen LogP contribution is -1.97. The fourth-order valence-corrected chi connectivity index (χ4v) is 0.871. The fraction of sp³-hybridized carbons (Fsp3) is 0.636. The van der Waals surface area contributed by atoms with Crippen LogP contribution in [0.3, 0.4) is 0 Å². The van der Waals surface area contributed by atoms with E-state index in [-0.39, 0.29) is 6.61 Å². The van der Waals surface area contributed by atoms with Gasteiger partial charge in [0.2, 0.25) is 0 Å². The van der Waals surface area contributed by atoms with Crippen molar-refractivity contribution < 1.29 is 5.11 Å². The molecular formula is C11H23NO. The summed E-state index contributed by atoms with van der Waals surface area (Å²) in [4.78, 5) is 0. The smallest absolute Gasteiger partial charge is 0.0485 e. The molecule has 78 valence electrons. The van der Waals surface area contributed by atoms with E-state index in [0.717, 1.165) is 6.42 Å². The van der Waals surface area contributed by atoms with Gasteiger partial charge < -0.3 is 9.67 Å². The summed E-state index contributed by atoms with van der Waals surface area (Å²) in [7, 11) is 1.98. The molecule has 0 saturated heterocycles. The molecule has 2 nitrogen and oxygen atoms in total. The first-order valence-electron chi connectivity index (χ1n) is 5.05. The third kappa shape index (κ3) is 6.41. The molecule has 0 amide bonds. The summed E-state index contributed by atoms with van der Waals surface area (Å²) in [5.41, 5.74) is 1.18. The minimum absolute atomic E-state index is 0.234. The predicted octanol–water partition coefficient (Wildman–Crippen LogP) is 2.61. The van der Waals surface area contributed by atoms with Gasteiger partial charge in [-0.2, -0.15) is 0 Å². The maximum absolute atomic E-state index is 8.55. The molecule has 0 aromatic carbocycles. The summed E-state index contributed by atoms with van der Waals surface area (Å²) in [6, 6.07) is 3.99. The van der Waals surface area contributed by atoms with Gasteiger partial charge >= 0.3 is 0 Å². The van der Waals surface area contributed by atoms with Gasteiger partial charge in [-0.15, -0.1) is 0 Å². The Hall–Kier alpha value is -0.760. The van der Waals surface area contributed by atoms with Gasteiger partial charge in [0.1, 0.15) is 0 Å². The highest BCUT2D eigenvalue weighted by molar-refractivity contribution is 5.06. The van der Waals surface area contributed by atoms with Crippen molar-refractivity contribution >= 4 is 0 Å². The van der Waals surface area contributed by atoms with Crippen molar-refractivity contribution in [1.82, 2.24) is 4.57 Å². The topological polar surface area (TPSA) is 25.2 Å². The lowest BCUT2D eigenvalue weighted by atomic mass is 10.3. The second-order valence-electron chi connectivity index (χ2n) is 2.08. The van der Waals surface area contributed by atoms with E-state index >= 15 is 0 Å². The van der Waals surface area contributed by atoms with E-state index in [0.29, 0.717) is 0 Å². The zero-order valence-corrected chi connectivity index (χ0v) is 9.54. The standard InChI is InChI=1S/C7H11NO.2C2H6/c1-8-5-2-3-7(8)4-6-9;2*1-2/h2-3,5,9H,4,6H2,1H3;2*1-2H3. The van der Waals surface area contributed by atoms with Crippen LogP contribution in [-0.4, -0.2) is 16.3 Å². The Morgan fingerprint density at radius 1 is 1.23 bits per heavy atom. The van der Waals surface area contributed by atoms with Gasteiger partial charge in [-0.05, 0) is 12.1 Å². The van der Waals surface area contributed by atoms with Crippen molar-refractivity contribution in [1.29, 1.82) is 0 Å². The quantitative estimate of drug-likeness (QED) is 0.752. The molecule has 0 spiro atoms. The second kappa shape index (κ2) is 11.2. The Balaban J connectivity index is 0. The van der Waals surface area contributed by atoms with E-state index in [1.54, 1.807) is 0 Å². The second-order valence-corrected chi connectivity index (χ2v) is 2.08. The Kier molecular flexibility index (Phi) is 12.8. The van der Waals surface area contributed by atoms with E-state index in [4.69, 9.17) is 5.11 Å². The molecule has 1 aromatic rings. The lowest BCUT2D eigenvalue weighted by molar-refractivity contribution is 0.297. The normalized spacial score (nSPS) is 7.85. The number of hydrogen-bond donors (Lipinski definition) is 1. The van der Waals surface area contributed by atoms with Crippen molar-refractivity contribution in [3.63, 3.8) is 0 Å². The Bertz CT molecular complexity index is 182. The number of aliphatic hydroxyl groups is 1. The Labute approximate surface area is 82.2 Å². The average Bonchev–Trinajstić information content (AvgIpc) is 2.60. The number of nitrogens with zero attached hydrogens (tertiary/aromatic N) is 1. The number of hydrogen-bond acceptors (Lipinski definition) is 1. The van der Waals surface area contributed by atoms with Crippen LogP contribution in [0.2, 0.25) is 0 Å². The summed E-state index contributed by atoms with van der Waals surface area (Å²) in [6.45, 7) is 8.23. The van der Waals surface area contributed by atoms with E-state index in [1.165, 1.54) is 5.69 Å². The first kappa shape index (κ1) is 14.7. The van der Waals surface area contributed by atoms with E-state index in [9.17, 15) is 0 Å². The molecule has 13 heavy (non-hydrogen) atoms. The maximum atomic E-state index is 8.55. The third-order valence-corrected chi connectivity index (χ3v) is 1.42. The predicted molar refractivity (Wildman–Crippen MR) is 58.9 cm³/mol. The molecule has 0 saturated carbocycles. The lowest BCUT2D eigenvalue weighted by Gasteiger charge is -1.97. The summed E-state index contributed by atoms with van der Waals surface area (Å²) in [5.74, 6) is 0. The van der Waals surface area contributed by atoms with E-state index < -0.39 is 0 Å². The number of aliphatic hydroxyl groups excluding tert-OH is 1. The minimum atomic E-state index is 0.234. The van der Waals surface area contributed by atoms with Crippen molar-refractivity contribution in [2.45, 2.75) is 34.1 Å². The Morgan fingerprint density at radius 2 is 1.77 bits per heavy atom. The van der Waals surface area contributed by atoms with Crippen molar-refractivity contribution in [3.8, 4) is 0 Å². The van der Waals surface area contributed by atoms with Gasteiger partial charge in [-0.25, -0.2) is 0 Å². The van der Waals surface area contributed by atoms with Gasteiger partial charge in [0.05, 0.1) is 0 Å². The largest absolute Gasteiger partial charge is 0.396 e. The van der Waals surface area contributed by atoms with Crippen LogP contribution in [0.15, 0.2) is 18.3 Å². The average molecular weight is 185 g/mol. The molecule has 0 bridgehead atoms. The molecule has 1 rings (SSSR count). The molecule has 0 unspecified atom stereocenters. The Morgan fingerprint density at radius 3 is 2.08 bits per heavy atom. The molecule has 2 heteroatoms. The van der Waals surface area contributed by atoms with Gasteiger partial charge in [0.25, 0.3) is 0 Å². The molecule has 0 aliphatic heterocycles. The van der Waals surface area contributed by atoms with Crippen LogP contribution < -0.4 is 0 Å². The van der Waals surface area contributed by atoms with Crippen LogP contribution >= 0.6 is 0 Å². The van der Waals surface area contributed by atoms with Crippen LogP contribution in [0.1, 0.15) is 33.4 Å². The summed E-state index contributed by atoms with van der Waals surface area (Å²) in [5, 5.41) is 8.55. The van der Waals surface area contributed by atoms with Crippen molar-refractivity contribution in [2.24, 2.45) is 7.05 Å². The van der Waals surface area contributed by atoms with Crippen LogP contribution in [0.5, 0.6) is 0 Å². The van der Waals surface area contributed by atoms with E-state index in [1.807, 2.05) is 57.6 Å². The minimum Gasteiger partial charge on any atom is -0.396 e. The van der Waals surface area contributed by atoms with Crippen LogP contribution in [0.25, 0.3) is 0 Å². The molecule has 0 fully saturated rings. The molecular weight excluding hydrogens is 162 g/mol. The molecule has 0 radical (unpaired) electrons. The zero-order valence-electron chi connectivity index (χ0n) is 9.54. The van der Waals surface area contributed by atoms with Crippen LogP contribution in [-0.2, 0) is 13.5 Å². The fourth-order valence-electron chi connectivity index (χ4n) is 0.871. The molecule has 0 atom stereocenters. The van der Waals surface area contributed by atoms with Crippen molar-refractivity contribution in [3.05, 3.63) is 24.0 Å². The van der Waals surface area contributed by atoms with Gasteiger partial charge in [-0.1, -0.05) is 27.7 Å². The first-order valence-corrected chi connectivity index (χ1v) is 5.05. The monoisotopic (exact) mass is 185 g/mol. The molecule has 1 aromatic heterocycles. The molecule has 0 aliphatic rings. The third-order valence-electron chi connectivity index (χ3n) is 1.42. The van der Waals surface area contributed by atoms with E-state index in [2.05, 4.69) is 0 Å². The highest BCUT2D eigenvalue weighted by Crippen LogP contribution is 1.98. The molecule has 0 aliphatic carbocycles. The highest BCUT2D eigenvalue weighted by atomic mass is 16.3. The summed E-state index contributed by atoms with van der Waals surface area (Å²) >= 11 is 0. The molecule has 1 N–H and O–H groups in total. The summed E-state index contributed by atoms with van der Waals surface area (Å²) in [6.07, 6.45) is 2.73. The number of aromatic nitrogens is 1. The van der Waals surface area contributed by atoms with Crippen molar-refractivity contribution in [2.75, 3.05) is 6.61 Å². The zero-order chi connectivity index (χ0) is 10.7.